The lowest BCUT2D eigenvalue weighted by Gasteiger charge is -2.07. The zero-order chi connectivity index (χ0) is 19.7. The van der Waals surface area contributed by atoms with Crippen LogP contribution in [0.1, 0.15) is 17.0 Å². The van der Waals surface area contributed by atoms with Gasteiger partial charge in [0.2, 0.25) is 0 Å². The Balaban J connectivity index is 1.68. The molecule has 140 valence electrons. The van der Waals surface area contributed by atoms with Crippen molar-refractivity contribution in [3.8, 4) is 16.9 Å². The number of H-pyrrole nitrogens is 2. The number of imidazole rings is 1. The van der Waals surface area contributed by atoms with E-state index in [1.807, 2.05) is 42.0 Å². The van der Waals surface area contributed by atoms with E-state index in [1.165, 1.54) is 6.20 Å². The molecule has 0 saturated heterocycles. The van der Waals surface area contributed by atoms with Crippen LogP contribution in [0.5, 0.6) is 0 Å². The topological polar surface area (TPSA) is 109 Å². The highest BCUT2D eigenvalue weighted by Gasteiger charge is 2.12. The summed E-state index contributed by atoms with van der Waals surface area (Å²) in [5.74, 6) is 0. The average molecular weight is 395 g/mol. The molecule has 8 nitrogen and oxygen atoms in total. The average Bonchev–Trinajstić information content (AvgIpc) is 3.13. The number of aromatic amines is 2. The molecular weight excluding hydrogens is 380 g/mol. The second kappa shape index (κ2) is 7.24. The maximum absolute atomic E-state index is 12.0. The minimum Gasteiger partial charge on any atom is -0.313 e. The van der Waals surface area contributed by atoms with E-state index in [0.29, 0.717) is 22.8 Å². The van der Waals surface area contributed by atoms with Crippen LogP contribution in [0.15, 0.2) is 58.6 Å². The lowest BCUT2D eigenvalue weighted by molar-refractivity contribution is 0.925. The van der Waals surface area contributed by atoms with Gasteiger partial charge in [-0.3, -0.25) is 9.78 Å². The molecule has 0 aliphatic carbocycles. The number of nitrogens with zero attached hydrogens (tertiary/aromatic N) is 4. The molecule has 0 fully saturated rings. The van der Waals surface area contributed by atoms with Crippen molar-refractivity contribution in [3.05, 3.63) is 91.9 Å². The first kappa shape index (κ1) is 17.9. The molecule has 0 saturated carbocycles. The van der Waals surface area contributed by atoms with Gasteiger partial charge in [-0.1, -0.05) is 23.7 Å². The van der Waals surface area contributed by atoms with Gasteiger partial charge in [0.25, 0.3) is 5.56 Å². The number of hydrogen-bond donors (Lipinski definition) is 2. The lowest BCUT2D eigenvalue weighted by Crippen LogP contribution is -2.23. The van der Waals surface area contributed by atoms with Gasteiger partial charge in [-0.05, 0) is 30.7 Å². The lowest BCUT2D eigenvalue weighted by atomic mass is 10.1. The van der Waals surface area contributed by atoms with E-state index in [4.69, 9.17) is 11.6 Å². The summed E-state index contributed by atoms with van der Waals surface area (Å²) in [5, 5.41) is 8.90. The molecule has 0 unspecified atom stereocenters. The van der Waals surface area contributed by atoms with Gasteiger partial charge in [-0.2, -0.15) is 5.10 Å². The number of aryl methyl sites for hydroxylation is 1. The standard InChI is InChI=1S/C19H15ClN6O2/c1-11-17(7-16(25-24-11)15-8-21-19(28)23-18(15)27)26-9-14(22-10-26)6-12-2-4-13(20)5-3-12/h2-5,7-10H,6H2,1H3,(H2,21,23,27,28). The molecule has 0 bridgehead atoms. The smallest absolute Gasteiger partial charge is 0.313 e. The third-order valence-electron chi connectivity index (χ3n) is 4.26. The van der Waals surface area contributed by atoms with Gasteiger partial charge in [0.15, 0.2) is 0 Å². The van der Waals surface area contributed by atoms with Crippen molar-refractivity contribution in [1.82, 2.24) is 29.7 Å². The fourth-order valence-corrected chi connectivity index (χ4v) is 2.96. The van der Waals surface area contributed by atoms with Gasteiger partial charge in [0, 0.05) is 23.8 Å². The molecule has 3 aromatic heterocycles. The highest BCUT2D eigenvalue weighted by molar-refractivity contribution is 6.30. The van der Waals surface area contributed by atoms with Crippen LogP contribution < -0.4 is 11.2 Å². The van der Waals surface area contributed by atoms with E-state index in [9.17, 15) is 9.59 Å². The van der Waals surface area contributed by atoms with Crippen LogP contribution >= 0.6 is 11.6 Å². The van der Waals surface area contributed by atoms with Crippen molar-refractivity contribution in [3.63, 3.8) is 0 Å². The SMILES string of the molecule is Cc1nnc(-c2c[nH]c(=O)[nH]c2=O)cc1-n1cnc(Cc2ccc(Cl)cc2)c1. The second-order valence-corrected chi connectivity index (χ2v) is 6.70. The van der Waals surface area contributed by atoms with Crippen LogP contribution in [-0.4, -0.2) is 29.7 Å². The van der Waals surface area contributed by atoms with Crippen molar-refractivity contribution in [2.45, 2.75) is 13.3 Å². The molecule has 0 atom stereocenters. The van der Waals surface area contributed by atoms with E-state index in [-0.39, 0.29) is 5.56 Å². The van der Waals surface area contributed by atoms with E-state index in [2.05, 4.69) is 25.1 Å². The maximum Gasteiger partial charge on any atom is 0.325 e. The monoisotopic (exact) mass is 394 g/mol. The van der Waals surface area contributed by atoms with E-state index in [1.54, 1.807) is 12.4 Å². The Morgan fingerprint density at radius 2 is 1.93 bits per heavy atom. The molecule has 0 radical (unpaired) electrons. The largest absolute Gasteiger partial charge is 0.325 e. The minimum absolute atomic E-state index is 0.231. The van der Waals surface area contributed by atoms with Gasteiger partial charge in [0.05, 0.1) is 29.0 Å². The summed E-state index contributed by atoms with van der Waals surface area (Å²) in [5.41, 5.74) is 2.88. The van der Waals surface area contributed by atoms with Crippen molar-refractivity contribution in [2.24, 2.45) is 0 Å². The predicted molar refractivity (Wildman–Crippen MR) is 105 cm³/mol. The summed E-state index contributed by atoms with van der Waals surface area (Å²) in [7, 11) is 0. The molecule has 0 amide bonds. The van der Waals surface area contributed by atoms with Crippen molar-refractivity contribution < 1.29 is 0 Å². The van der Waals surface area contributed by atoms with Crippen LogP contribution in [0.25, 0.3) is 16.9 Å². The Morgan fingerprint density at radius 1 is 1.14 bits per heavy atom. The summed E-state index contributed by atoms with van der Waals surface area (Å²) in [6, 6.07) is 9.35. The molecule has 2 N–H and O–H groups in total. The first-order valence-corrected chi connectivity index (χ1v) is 8.82. The molecule has 3 heterocycles. The second-order valence-electron chi connectivity index (χ2n) is 6.26. The third kappa shape index (κ3) is 3.63. The number of aromatic nitrogens is 6. The van der Waals surface area contributed by atoms with Gasteiger partial charge in [0.1, 0.15) is 5.69 Å². The van der Waals surface area contributed by atoms with Gasteiger partial charge < -0.3 is 9.55 Å². The predicted octanol–water partition coefficient (Wildman–Crippen LogP) is 2.26. The minimum atomic E-state index is -0.574. The molecule has 4 aromatic rings. The number of benzene rings is 1. The molecule has 4 rings (SSSR count). The van der Waals surface area contributed by atoms with Crippen molar-refractivity contribution in [1.29, 1.82) is 0 Å². The number of halogens is 1. The Hall–Kier alpha value is -3.52. The molecule has 9 heteroatoms. The fourth-order valence-electron chi connectivity index (χ4n) is 2.83. The Morgan fingerprint density at radius 3 is 2.68 bits per heavy atom. The normalized spacial score (nSPS) is 10.9. The van der Waals surface area contributed by atoms with Crippen LogP contribution in [0, 0.1) is 6.92 Å². The molecule has 0 spiro atoms. The molecule has 0 aliphatic rings. The molecule has 1 aromatic carbocycles. The summed E-state index contributed by atoms with van der Waals surface area (Å²) in [6.07, 6.45) is 5.58. The third-order valence-corrected chi connectivity index (χ3v) is 4.51. The van der Waals surface area contributed by atoms with Crippen molar-refractivity contribution >= 4 is 11.6 Å². The van der Waals surface area contributed by atoms with Crippen LogP contribution in [0.3, 0.4) is 0 Å². The fraction of sp³-hybridized carbons (Fsp3) is 0.105. The first-order valence-electron chi connectivity index (χ1n) is 8.44. The van der Waals surface area contributed by atoms with E-state index in [0.717, 1.165) is 16.9 Å². The Bertz CT molecular complexity index is 1260. The number of rotatable bonds is 4. The zero-order valence-electron chi connectivity index (χ0n) is 14.8. The van der Waals surface area contributed by atoms with Crippen molar-refractivity contribution in [2.75, 3.05) is 0 Å². The van der Waals surface area contributed by atoms with E-state index >= 15 is 0 Å². The Labute approximate surface area is 163 Å². The summed E-state index contributed by atoms with van der Waals surface area (Å²) in [6.45, 7) is 1.82. The first-order chi connectivity index (χ1) is 13.5. The summed E-state index contributed by atoms with van der Waals surface area (Å²) >= 11 is 5.92. The Kier molecular flexibility index (Phi) is 4.62. The highest BCUT2D eigenvalue weighted by Crippen LogP contribution is 2.19. The number of nitrogens with one attached hydrogen (secondary N) is 2. The zero-order valence-corrected chi connectivity index (χ0v) is 15.6. The van der Waals surface area contributed by atoms with Crippen LogP contribution in [0.2, 0.25) is 5.02 Å². The quantitative estimate of drug-likeness (QED) is 0.551. The van der Waals surface area contributed by atoms with Crippen LogP contribution in [-0.2, 0) is 6.42 Å². The van der Waals surface area contributed by atoms with Crippen LogP contribution in [0.4, 0.5) is 0 Å². The molecule has 28 heavy (non-hydrogen) atoms. The highest BCUT2D eigenvalue weighted by atomic mass is 35.5. The molecule has 0 aliphatic heterocycles. The summed E-state index contributed by atoms with van der Waals surface area (Å²) in [4.78, 5) is 32.3. The number of hydrogen-bond acceptors (Lipinski definition) is 5. The van der Waals surface area contributed by atoms with E-state index < -0.39 is 11.2 Å². The van der Waals surface area contributed by atoms with Gasteiger partial charge >= 0.3 is 5.69 Å². The molecular formula is C19H15ClN6O2. The van der Waals surface area contributed by atoms with Gasteiger partial charge in [-0.25, -0.2) is 9.78 Å². The van der Waals surface area contributed by atoms with Gasteiger partial charge in [-0.15, -0.1) is 5.10 Å². The maximum atomic E-state index is 12.0. The summed E-state index contributed by atoms with van der Waals surface area (Å²) < 4.78 is 1.83.